The van der Waals surface area contributed by atoms with Gasteiger partial charge in [0.05, 0.1) is 6.10 Å². The highest BCUT2D eigenvalue weighted by Crippen LogP contribution is 2.63. The summed E-state index contributed by atoms with van der Waals surface area (Å²) < 4.78 is 0. The van der Waals surface area contributed by atoms with Crippen molar-refractivity contribution in [3.63, 3.8) is 0 Å². The Kier molecular flexibility index (Phi) is 2.83. The van der Waals surface area contributed by atoms with Crippen molar-refractivity contribution in [2.45, 2.75) is 58.5 Å². The van der Waals surface area contributed by atoms with Crippen LogP contribution >= 0.6 is 0 Å². The number of aliphatic hydroxyl groups is 1. The largest absolute Gasteiger partial charge is 0.385 e. The van der Waals surface area contributed by atoms with Crippen molar-refractivity contribution in [2.75, 3.05) is 0 Å². The first-order chi connectivity index (χ1) is 9.95. The molecule has 3 saturated carbocycles. The molecular formula is C19H26O2. The quantitative estimate of drug-likeness (QED) is 0.690. The molecule has 0 amide bonds. The number of carbonyl (C=O) groups excluding carboxylic acids is 1. The second kappa shape index (κ2) is 4.32. The molecule has 2 nitrogen and oxygen atoms in total. The molecule has 1 N–H and O–H groups in total. The molecule has 0 aromatic rings. The number of allylic oxidation sites excluding steroid dienone is 2. The summed E-state index contributed by atoms with van der Waals surface area (Å²) in [5, 5.41) is 9.88. The zero-order chi connectivity index (χ0) is 14.8. The van der Waals surface area contributed by atoms with E-state index in [2.05, 4.69) is 26.0 Å². The number of carbonyl (C=O) groups is 1. The van der Waals surface area contributed by atoms with E-state index in [4.69, 9.17) is 0 Å². The van der Waals surface area contributed by atoms with Crippen molar-refractivity contribution < 1.29 is 9.90 Å². The normalized spacial score (nSPS) is 52.0. The van der Waals surface area contributed by atoms with E-state index in [1.807, 2.05) is 6.08 Å². The van der Waals surface area contributed by atoms with E-state index in [0.29, 0.717) is 23.5 Å². The Balaban J connectivity index is 1.70. The summed E-state index contributed by atoms with van der Waals surface area (Å²) in [6.07, 6.45) is 12.4. The van der Waals surface area contributed by atoms with Crippen molar-refractivity contribution in [3.05, 3.63) is 23.8 Å². The van der Waals surface area contributed by atoms with Gasteiger partial charge in [-0.2, -0.15) is 0 Å². The van der Waals surface area contributed by atoms with Gasteiger partial charge in [-0.15, -0.1) is 0 Å². The highest BCUT2D eigenvalue weighted by atomic mass is 16.3. The predicted molar refractivity (Wildman–Crippen MR) is 82.6 cm³/mol. The first-order valence-corrected chi connectivity index (χ1v) is 8.57. The van der Waals surface area contributed by atoms with Gasteiger partial charge in [-0.25, -0.2) is 0 Å². The van der Waals surface area contributed by atoms with E-state index in [9.17, 15) is 9.90 Å². The molecule has 4 rings (SSSR count). The van der Waals surface area contributed by atoms with E-state index >= 15 is 0 Å². The molecule has 0 aliphatic heterocycles. The van der Waals surface area contributed by atoms with Gasteiger partial charge in [0, 0.05) is 17.3 Å². The van der Waals surface area contributed by atoms with E-state index in [1.165, 1.54) is 12.0 Å². The highest BCUT2D eigenvalue weighted by molar-refractivity contribution is 5.87. The van der Waals surface area contributed by atoms with Crippen molar-refractivity contribution in [1.29, 1.82) is 0 Å². The Morgan fingerprint density at radius 1 is 1.14 bits per heavy atom. The molecule has 0 spiro atoms. The van der Waals surface area contributed by atoms with Crippen LogP contribution in [0.1, 0.15) is 52.4 Å². The minimum Gasteiger partial charge on any atom is -0.385 e. The molecule has 2 heteroatoms. The van der Waals surface area contributed by atoms with Crippen LogP contribution in [0.3, 0.4) is 0 Å². The molecule has 1 unspecified atom stereocenters. The number of hydrogen-bond acceptors (Lipinski definition) is 2. The molecule has 0 bridgehead atoms. The molecule has 0 heterocycles. The minimum atomic E-state index is -0.397. The van der Waals surface area contributed by atoms with Gasteiger partial charge >= 0.3 is 0 Å². The van der Waals surface area contributed by atoms with E-state index in [1.54, 1.807) is 0 Å². The Hall–Kier alpha value is -0.890. The average Bonchev–Trinajstić information content (AvgIpc) is 2.76. The third-order valence-corrected chi connectivity index (χ3v) is 7.37. The SMILES string of the molecule is C[C@]12C=CC(O)C=C1CC[C@@H]1[C@H]2CC[C@]2(C)C(=O)CC[C@@H]12. The Bertz CT molecular complexity index is 546. The number of fused-ring (bicyclic) bond motifs is 5. The van der Waals surface area contributed by atoms with Crippen LogP contribution in [-0.4, -0.2) is 17.0 Å². The number of rotatable bonds is 0. The van der Waals surface area contributed by atoms with Crippen molar-refractivity contribution in [1.82, 2.24) is 0 Å². The van der Waals surface area contributed by atoms with Crippen molar-refractivity contribution in [3.8, 4) is 0 Å². The summed E-state index contributed by atoms with van der Waals surface area (Å²) in [7, 11) is 0. The summed E-state index contributed by atoms with van der Waals surface area (Å²) in [5.74, 6) is 2.47. The van der Waals surface area contributed by atoms with Crippen LogP contribution in [-0.2, 0) is 4.79 Å². The number of hydrogen-bond donors (Lipinski definition) is 1. The molecule has 6 atom stereocenters. The fourth-order valence-electron chi connectivity index (χ4n) is 6.09. The number of Topliss-reactive ketones (excluding diaryl/α,β-unsaturated/α-hetero) is 1. The molecule has 0 saturated heterocycles. The highest BCUT2D eigenvalue weighted by Gasteiger charge is 2.58. The van der Waals surface area contributed by atoms with Crippen LogP contribution in [0.25, 0.3) is 0 Å². The standard InChI is InChI=1S/C19H26O2/c1-18-9-7-13(20)11-12(18)3-4-14-15-5-6-17(21)19(15,2)10-8-16(14)18/h7,9,11,13-16,20H,3-6,8,10H2,1-2H3/t13?,14-,15-,16+,18-,19-/m0/s1. The maximum atomic E-state index is 12.4. The van der Waals surface area contributed by atoms with Gasteiger partial charge in [-0.05, 0) is 49.9 Å². The smallest absolute Gasteiger partial charge is 0.139 e. The Labute approximate surface area is 127 Å². The van der Waals surface area contributed by atoms with E-state index in [-0.39, 0.29) is 10.8 Å². The van der Waals surface area contributed by atoms with Gasteiger partial charge in [0.2, 0.25) is 0 Å². The average molecular weight is 286 g/mol. The van der Waals surface area contributed by atoms with Crippen LogP contribution in [0.5, 0.6) is 0 Å². The zero-order valence-electron chi connectivity index (χ0n) is 13.1. The predicted octanol–water partition coefficient (Wildman–Crippen LogP) is 3.66. The second-order valence-electron chi connectivity index (χ2n) is 8.16. The first-order valence-electron chi connectivity index (χ1n) is 8.57. The lowest BCUT2D eigenvalue weighted by Crippen LogP contribution is -2.49. The summed E-state index contributed by atoms with van der Waals surface area (Å²) in [5.41, 5.74) is 1.53. The summed E-state index contributed by atoms with van der Waals surface area (Å²) >= 11 is 0. The fraction of sp³-hybridized carbons (Fsp3) is 0.737. The van der Waals surface area contributed by atoms with Crippen molar-refractivity contribution in [2.24, 2.45) is 28.6 Å². The van der Waals surface area contributed by atoms with Gasteiger partial charge in [-0.1, -0.05) is 37.6 Å². The lowest BCUT2D eigenvalue weighted by atomic mass is 9.48. The van der Waals surface area contributed by atoms with Gasteiger partial charge in [0.1, 0.15) is 5.78 Å². The van der Waals surface area contributed by atoms with Crippen LogP contribution in [0.15, 0.2) is 23.8 Å². The molecule has 3 fully saturated rings. The summed E-state index contributed by atoms with van der Waals surface area (Å²) in [4.78, 5) is 12.4. The van der Waals surface area contributed by atoms with Gasteiger partial charge in [-0.3, -0.25) is 4.79 Å². The molecule has 114 valence electrons. The molecule has 21 heavy (non-hydrogen) atoms. The minimum absolute atomic E-state index is 0.0311. The van der Waals surface area contributed by atoms with E-state index < -0.39 is 6.10 Å². The maximum Gasteiger partial charge on any atom is 0.139 e. The van der Waals surface area contributed by atoms with Crippen LogP contribution in [0.4, 0.5) is 0 Å². The Morgan fingerprint density at radius 2 is 1.95 bits per heavy atom. The number of ketones is 1. The molecule has 0 radical (unpaired) electrons. The monoisotopic (exact) mass is 286 g/mol. The van der Waals surface area contributed by atoms with Crippen molar-refractivity contribution >= 4 is 5.78 Å². The lowest BCUT2D eigenvalue weighted by Gasteiger charge is -2.55. The lowest BCUT2D eigenvalue weighted by molar-refractivity contribution is -0.131. The fourth-order valence-corrected chi connectivity index (χ4v) is 6.09. The molecule has 0 aromatic heterocycles. The summed E-state index contributed by atoms with van der Waals surface area (Å²) in [6.45, 7) is 4.59. The third-order valence-electron chi connectivity index (χ3n) is 7.37. The van der Waals surface area contributed by atoms with Crippen LogP contribution in [0, 0.1) is 28.6 Å². The second-order valence-corrected chi connectivity index (χ2v) is 8.16. The zero-order valence-corrected chi connectivity index (χ0v) is 13.1. The van der Waals surface area contributed by atoms with Gasteiger partial charge in [0.25, 0.3) is 0 Å². The first kappa shape index (κ1) is 13.8. The third kappa shape index (κ3) is 1.72. The molecule has 4 aliphatic carbocycles. The van der Waals surface area contributed by atoms with Crippen LogP contribution in [0.2, 0.25) is 0 Å². The molecule has 4 aliphatic rings. The van der Waals surface area contributed by atoms with Gasteiger partial charge in [0.15, 0.2) is 0 Å². The van der Waals surface area contributed by atoms with Crippen LogP contribution < -0.4 is 0 Å². The molecular weight excluding hydrogens is 260 g/mol. The van der Waals surface area contributed by atoms with E-state index in [0.717, 1.165) is 32.1 Å². The Morgan fingerprint density at radius 3 is 2.76 bits per heavy atom. The molecule has 0 aromatic carbocycles. The van der Waals surface area contributed by atoms with Gasteiger partial charge < -0.3 is 5.11 Å². The maximum absolute atomic E-state index is 12.4. The number of aliphatic hydroxyl groups excluding tert-OH is 1. The summed E-state index contributed by atoms with van der Waals surface area (Å²) in [6, 6.07) is 0. The topological polar surface area (TPSA) is 37.3 Å².